The molecule has 1 saturated carbocycles. The Morgan fingerprint density at radius 2 is 1.62 bits per heavy atom. The molecule has 9 heteroatoms. The largest absolute Gasteiger partial charge is 0.310 e. The van der Waals surface area contributed by atoms with Crippen LogP contribution in [0.3, 0.4) is 0 Å². The average molecular weight is 502 g/mol. The second kappa shape index (κ2) is 8.00. The first kappa shape index (κ1) is 24.6. The highest BCUT2D eigenvalue weighted by atomic mass is 32.5. The highest BCUT2D eigenvalue weighted by Gasteiger charge is 2.65. The number of carbonyl (C=O) groups excluding carboxylic acids is 1. The van der Waals surface area contributed by atoms with Gasteiger partial charge >= 0.3 is 10.2 Å². The van der Waals surface area contributed by atoms with Crippen LogP contribution in [0.1, 0.15) is 60.9 Å². The summed E-state index contributed by atoms with van der Waals surface area (Å²) < 4.78 is 78.2. The zero-order chi connectivity index (χ0) is 24.8. The van der Waals surface area contributed by atoms with E-state index in [4.69, 9.17) is 0 Å². The molecule has 0 saturated heterocycles. The Morgan fingerprint density at radius 3 is 2.24 bits per heavy atom. The van der Waals surface area contributed by atoms with Crippen molar-refractivity contribution in [2.75, 3.05) is 0 Å². The van der Waals surface area contributed by atoms with Crippen molar-refractivity contribution >= 4 is 26.9 Å². The summed E-state index contributed by atoms with van der Waals surface area (Å²) >= 11 is 0. The zero-order valence-electron chi connectivity index (χ0n) is 18.5. The highest BCUT2D eigenvalue weighted by molar-refractivity contribution is 8.45. The maximum absolute atomic E-state index is 13.8. The van der Waals surface area contributed by atoms with E-state index in [-0.39, 0.29) is 53.5 Å². The summed E-state index contributed by atoms with van der Waals surface area (Å²) in [7, 11) is -9.75. The number of hydrogen-bond acceptors (Lipinski definition) is 2. The van der Waals surface area contributed by atoms with Crippen LogP contribution in [0.5, 0.6) is 0 Å². The monoisotopic (exact) mass is 501 g/mol. The Bertz CT molecular complexity index is 1220. The van der Waals surface area contributed by atoms with Crippen LogP contribution in [-0.2, 0) is 0 Å². The van der Waals surface area contributed by atoms with Crippen LogP contribution in [-0.4, -0.2) is 10.8 Å². The van der Waals surface area contributed by atoms with E-state index in [1.165, 1.54) is 12.1 Å². The van der Waals surface area contributed by atoms with Crippen molar-refractivity contribution in [2.24, 2.45) is 11.8 Å². The lowest BCUT2D eigenvalue weighted by atomic mass is 9.72. The van der Waals surface area contributed by atoms with Crippen LogP contribution >= 0.6 is 10.2 Å². The van der Waals surface area contributed by atoms with Gasteiger partial charge in [0.1, 0.15) is 10.7 Å². The highest BCUT2D eigenvalue weighted by Crippen LogP contribution is 3.02. The number of pyridine rings is 1. The van der Waals surface area contributed by atoms with E-state index in [2.05, 4.69) is 4.98 Å². The zero-order valence-corrected chi connectivity index (χ0v) is 19.3. The third-order valence-electron chi connectivity index (χ3n) is 6.88. The molecule has 1 heterocycles. The minimum atomic E-state index is -9.75. The molecule has 0 spiro atoms. The lowest BCUT2D eigenvalue weighted by molar-refractivity contribution is 0.0937. The minimum Gasteiger partial charge on any atom is -0.294 e. The number of Topliss-reactive ketones (excluding diaryl/α,β-unsaturated/α-hetero) is 1. The first-order valence-corrected chi connectivity index (χ1v) is 13.1. The van der Waals surface area contributed by atoms with Crippen molar-refractivity contribution in [1.29, 1.82) is 0 Å². The number of nitrogens with zero attached hydrogens (tertiary/aromatic N) is 1. The molecule has 1 unspecified atom stereocenters. The van der Waals surface area contributed by atoms with Crippen molar-refractivity contribution in [3.05, 3.63) is 71.7 Å². The van der Waals surface area contributed by atoms with E-state index in [1.54, 1.807) is 12.3 Å². The molecule has 1 fully saturated rings. The van der Waals surface area contributed by atoms with Crippen molar-refractivity contribution < 1.29 is 28.6 Å². The number of hydrogen-bond donors (Lipinski definition) is 0. The maximum Gasteiger partial charge on any atom is 0.310 e. The van der Waals surface area contributed by atoms with Crippen molar-refractivity contribution in [3.63, 3.8) is 0 Å². The Labute approximate surface area is 194 Å². The number of carbonyl (C=O) groups is 1. The summed E-state index contributed by atoms with van der Waals surface area (Å²) in [4.78, 5) is 14.9. The van der Waals surface area contributed by atoms with Crippen LogP contribution in [0.15, 0.2) is 59.6 Å². The summed E-state index contributed by atoms with van der Waals surface area (Å²) in [6, 6.07) is 8.71. The van der Waals surface area contributed by atoms with Gasteiger partial charge in [-0.2, -0.15) is 0 Å². The van der Waals surface area contributed by atoms with Gasteiger partial charge in [0.2, 0.25) is 0 Å². The fraction of sp³-hybridized carbons (Fsp3) is 0.360. The molecular formula is C25H25F6NOS. The van der Waals surface area contributed by atoms with E-state index >= 15 is 0 Å². The summed E-state index contributed by atoms with van der Waals surface area (Å²) in [6.07, 6.45) is 5.33. The maximum atomic E-state index is 13.8. The van der Waals surface area contributed by atoms with Gasteiger partial charge in [-0.1, -0.05) is 26.4 Å². The first-order chi connectivity index (χ1) is 15.7. The molecule has 0 amide bonds. The average Bonchev–Trinajstić information content (AvgIpc) is 2.77. The van der Waals surface area contributed by atoms with Gasteiger partial charge in [-0.15, -0.1) is 0 Å². The summed E-state index contributed by atoms with van der Waals surface area (Å²) in [5.74, 6) is -0.162. The Balaban J connectivity index is 1.38. The number of aromatic nitrogens is 1. The van der Waals surface area contributed by atoms with E-state index in [0.29, 0.717) is 0 Å². The Kier molecular flexibility index (Phi) is 5.78. The van der Waals surface area contributed by atoms with Gasteiger partial charge in [-0.25, -0.2) is 4.39 Å². The first-order valence-electron chi connectivity index (χ1n) is 11.1. The molecule has 1 atom stereocenters. The van der Waals surface area contributed by atoms with Gasteiger partial charge in [0.05, 0.1) is 5.52 Å². The van der Waals surface area contributed by atoms with Gasteiger partial charge < -0.3 is 0 Å². The van der Waals surface area contributed by atoms with Gasteiger partial charge in [0, 0.05) is 23.6 Å². The molecule has 1 aromatic heterocycles. The molecule has 2 nitrogen and oxygen atoms in total. The molecule has 184 valence electrons. The molecular weight excluding hydrogens is 476 g/mol. The van der Waals surface area contributed by atoms with Gasteiger partial charge in [0.15, 0.2) is 5.78 Å². The standard InChI is InChI=1S/C25H25F6NOS/c1-16(14-25(33)19-6-9-21(10-7-19)34(27,28,29,30)31)17-2-4-18(5-3-17)22-12-13-32-24-11-8-20(26)15-23(22)24/h6-13,15-18H,2-5,14H2,1H3. The second-order valence-electron chi connectivity index (χ2n) is 9.27. The normalized spacial score (nSPS) is 22.1. The number of rotatable bonds is 6. The molecule has 1 aliphatic carbocycles. The third kappa shape index (κ3) is 5.40. The summed E-state index contributed by atoms with van der Waals surface area (Å²) in [5.41, 5.74) is 1.81. The molecule has 0 bridgehead atoms. The number of benzene rings is 2. The molecule has 0 N–H and O–H groups in total. The van der Waals surface area contributed by atoms with E-state index in [1.807, 2.05) is 13.0 Å². The third-order valence-corrected chi connectivity index (χ3v) is 8.05. The Morgan fingerprint density at radius 1 is 0.971 bits per heavy atom. The summed E-state index contributed by atoms with van der Waals surface area (Å²) in [5, 5.41) is 0.809. The van der Waals surface area contributed by atoms with Crippen LogP contribution < -0.4 is 0 Å². The quantitative estimate of drug-likeness (QED) is 0.249. The number of ketones is 1. The molecule has 3 aromatic rings. The predicted molar refractivity (Wildman–Crippen MR) is 122 cm³/mol. The van der Waals surface area contributed by atoms with Crippen LogP contribution in [0.25, 0.3) is 10.9 Å². The lowest BCUT2D eigenvalue weighted by Gasteiger charge is -2.40. The SMILES string of the molecule is CC(CC(=O)c1ccc(S(F)(F)(F)(F)F)cc1)C1CCC(c2ccnc3ccc(F)cc23)CC1. The lowest BCUT2D eigenvalue weighted by Crippen LogP contribution is -2.21. The Hall–Kier alpha value is -2.55. The van der Waals surface area contributed by atoms with Crippen molar-refractivity contribution in [1.82, 2.24) is 4.98 Å². The van der Waals surface area contributed by atoms with Crippen LogP contribution in [0, 0.1) is 17.7 Å². The van der Waals surface area contributed by atoms with E-state index in [9.17, 15) is 28.6 Å². The van der Waals surface area contributed by atoms with Gasteiger partial charge in [-0.05, 0) is 97.5 Å². The van der Waals surface area contributed by atoms with Crippen LogP contribution in [0.2, 0.25) is 0 Å². The van der Waals surface area contributed by atoms with Gasteiger partial charge in [-0.3, -0.25) is 9.78 Å². The molecule has 34 heavy (non-hydrogen) atoms. The minimum absolute atomic E-state index is 0.00332. The fourth-order valence-electron chi connectivity index (χ4n) is 4.97. The van der Waals surface area contributed by atoms with Crippen molar-refractivity contribution in [3.8, 4) is 0 Å². The van der Waals surface area contributed by atoms with Gasteiger partial charge in [0.25, 0.3) is 0 Å². The molecule has 4 rings (SSSR count). The molecule has 1 aliphatic rings. The van der Waals surface area contributed by atoms with E-state index < -0.39 is 15.1 Å². The van der Waals surface area contributed by atoms with Crippen LogP contribution in [0.4, 0.5) is 23.8 Å². The fourth-order valence-corrected chi connectivity index (χ4v) is 5.62. The topological polar surface area (TPSA) is 30.0 Å². The molecule has 0 aliphatic heterocycles. The predicted octanol–water partition coefficient (Wildman–Crippen LogP) is 9.21. The second-order valence-corrected chi connectivity index (χ2v) is 11.7. The molecule has 2 aromatic carbocycles. The van der Waals surface area contributed by atoms with E-state index in [0.717, 1.165) is 54.3 Å². The van der Waals surface area contributed by atoms with Crippen molar-refractivity contribution in [2.45, 2.75) is 49.8 Å². The number of halogens is 6. The molecule has 0 radical (unpaired) electrons. The smallest absolute Gasteiger partial charge is 0.294 e. The number of fused-ring (bicyclic) bond motifs is 1. The summed E-state index contributed by atoms with van der Waals surface area (Å²) in [6.45, 7) is 1.93.